The van der Waals surface area contributed by atoms with E-state index in [2.05, 4.69) is 16.2 Å². The van der Waals surface area contributed by atoms with Crippen molar-refractivity contribution in [3.63, 3.8) is 0 Å². The van der Waals surface area contributed by atoms with Crippen LogP contribution >= 0.6 is 0 Å². The number of benzene rings is 1. The van der Waals surface area contributed by atoms with E-state index < -0.39 is 0 Å². The summed E-state index contributed by atoms with van der Waals surface area (Å²) in [6.07, 6.45) is 0.769. The van der Waals surface area contributed by atoms with Crippen LogP contribution in [0.25, 0.3) is 0 Å². The van der Waals surface area contributed by atoms with Crippen LogP contribution in [0, 0.1) is 0 Å². The normalized spacial score (nSPS) is 20.1. The van der Waals surface area contributed by atoms with Gasteiger partial charge in [-0.3, -0.25) is 10.2 Å². The zero-order valence-corrected chi connectivity index (χ0v) is 8.16. The molecule has 4 N–H and O–H groups in total. The van der Waals surface area contributed by atoms with Crippen molar-refractivity contribution in [1.29, 1.82) is 0 Å². The van der Waals surface area contributed by atoms with Crippen molar-refractivity contribution in [1.82, 2.24) is 10.9 Å². The van der Waals surface area contributed by atoms with Gasteiger partial charge in [-0.25, -0.2) is 5.43 Å². The Bertz CT molecular complexity index is 361. The molecule has 80 valence electrons. The number of carbonyl (C=O) groups is 1. The third-order valence-electron chi connectivity index (χ3n) is 2.26. The Hall–Kier alpha value is -1.59. The lowest BCUT2D eigenvalue weighted by molar-refractivity contribution is -0.117. The second-order valence-corrected chi connectivity index (χ2v) is 3.45. The van der Waals surface area contributed by atoms with Gasteiger partial charge < -0.3 is 10.4 Å². The monoisotopic (exact) mass is 207 g/mol. The van der Waals surface area contributed by atoms with Crippen LogP contribution in [-0.2, 0) is 4.79 Å². The molecule has 5 nitrogen and oxygen atoms in total. The molecule has 1 saturated heterocycles. The molecule has 1 fully saturated rings. The summed E-state index contributed by atoms with van der Waals surface area (Å²) >= 11 is 0. The van der Waals surface area contributed by atoms with Gasteiger partial charge in [-0.05, 0) is 18.6 Å². The Kier molecular flexibility index (Phi) is 2.84. The molecule has 5 heteroatoms. The number of hydrazine groups is 1. The van der Waals surface area contributed by atoms with Crippen molar-refractivity contribution in [2.45, 2.75) is 12.5 Å². The summed E-state index contributed by atoms with van der Waals surface area (Å²) in [7, 11) is 0. The maximum Gasteiger partial charge on any atom is 0.242 e. The van der Waals surface area contributed by atoms with Crippen LogP contribution in [0.2, 0.25) is 0 Å². The van der Waals surface area contributed by atoms with Gasteiger partial charge >= 0.3 is 0 Å². The van der Waals surface area contributed by atoms with Gasteiger partial charge in [0.05, 0.1) is 0 Å². The van der Waals surface area contributed by atoms with E-state index in [1.165, 1.54) is 6.07 Å². The first kappa shape index (κ1) is 9.95. The van der Waals surface area contributed by atoms with Gasteiger partial charge in [-0.2, -0.15) is 0 Å². The Morgan fingerprint density at radius 1 is 1.53 bits per heavy atom. The number of nitrogens with one attached hydrogen (secondary N) is 3. The number of phenols is 1. The molecule has 2 rings (SSSR count). The Balaban J connectivity index is 1.99. The van der Waals surface area contributed by atoms with Gasteiger partial charge in [-0.15, -0.1) is 0 Å². The van der Waals surface area contributed by atoms with Gasteiger partial charge in [0, 0.05) is 18.3 Å². The number of amides is 1. The maximum absolute atomic E-state index is 11.6. The number of rotatable bonds is 2. The first-order chi connectivity index (χ1) is 7.25. The zero-order valence-electron chi connectivity index (χ0n) is 8.16. The lowest BCUT2D eigenvalue weighted by Crippen LogP contribution is -2.39. The summed E-state index contributed by atoms with van der Waals surface area (Å²) in [5.41, 5.74) is 6.36. The topological polar surface area (TPSA) is 73.4 Å². The van der Waals surface area contributed by atoms with Gasteiger partial charge in [0.2, 0.25) is 5.91 Å². The molecule has 1 aliphatic rings. The molecule has 0 aromatic heterocycles. The van der Waals surface area contributed by atoms with Gasteiger partial charge in [0.25, 0.3) is 0 Å². The molecule has 0 aliphatic carbocycles. The second kappa shape index (κ2) is 4.29. The number of hydrogen-bond acceptors (Lipinski definition) is 4. The van der Waals surface area contributed by atoms with Gasteiger partial charge in [-0.1, -0.05) is 6.07 Å². The Morgan fingerprint density at radius 3 is 3.07 bits per heavy atom. The minimum Gasteiger partial charge on any atom is -0.508 e. The SMILES string of the molecule is O=C(Nc1cccc(O)c1)C1CCNN1. The van der Waals surface area contributed by atoms with Crippen molar-refractivity contribution in [2.24, 2.45) is 0 Å². The molecule has 1 amide bonds. The third-order valence-corrected chi connectivity index (χ3v) is 2.26. The van der Waals surface area contributed by atoms with Crippen LogP contribution in [0.4, 0.5) is 5.69 Å². The zero-order chi connectivity index (χ0) is 10.7. The van der Waals surface area contributed by atoms with E-state index in [1.54, 1.807) is 18.2 Å². The van der Waals surface area contributed by atoms with Gasteiger partial charge in [0.1, 0.15) is 11.8 Å². The fraction of sp³-hybridized carbons (Fsp3) is 0.300. The number of anilines is 1. The fourth-order valence-corrected chi connectivity index (χ4v) is 1.49. The maximum atomic E-state index is 11.6. The predicted molar refractivity (Wildman–Crippen MR) is 56.3 cm³/mol. The number of hydrogen-bond donors (Lipinski definition) is 4. The minimum absolute atomic E-state index is 0.0920. The van der Waals surface area contributed by atoms with Crippen LogP contribution in [0.1, 0.15) is 6.42 Å². The van der Waals surface area contributed by atoms with Crippen LogP contribution in [-0.4, -0.2) is 23.6 Å². The molecule has 1 unspecified atom stereocenters. The highest BCUT2D eigenvalue weighted by Gasteiger charge is 2.21. The summed E-state index contributed by atoms with van der Waals surface area (Å²) in [6, 6.07) is 6.30. The van der Waals surface area contributed by atoms with Crippen molar-refractivity contribution >= 4 is 11.6 Å². The van der Waals surface area contributed by atoms with Crippen molar-refractivity contribution < 1.29 is 9.90 Å². The highest BCUT2D eigenvalue weighted by molar-refractivity contribution is 5.95. The molecular formula is C10H13N3O2. The number of aromatic hydroxyl groups is 1. The molecule has 0 radical (unpaired) electrons. The summed E-state index contributed by atoms with van der Waals surface area (Å²) in [6.45, 7) is 0.790. The summed E-state index contributed by atoms with van der Waals surface area (Å²) in [4.78, 5) is 11.6. The van der Waals surface area contributed by atoms with Crippen LogP contribution in [0.15, 0.2) is 24.3 Å². The predicted octanol–water partition coefficient (Wildman–Crippen LogP) is 0.197. The van der Waals surface area contributed by atoms with Crippen molar-refractivity contribution in [3.8, 4) is 5.75 Å². The summed E-state index contributed by atoms with van der Waals surface area (Å²) in [5.74, 6) is 0.0518. The second-order valence-electron chi connectivity index (χ2n) is 3.45. The molecular weight excluding hydrogens is 194 g/mol. The van der Waals surface area contributed by atoms with E-state index in [0.717, 1.165) is 13.0 Å². The molecule has 0 spiro atoms. The molecule has 1 aromatic rings. The average Bonchev–Trinajstić information content (AvgIpc) is 2.70. The number of phenolic OH excluding ortho intramolecular Hbond substituents is 1. The van der Waals surface area contributed by atoms with Crippen LogP contribution < -0.4 is 16.2 Å². The molecule has 1 aliphatic heterocycles. The summed E-state index contributed by atoms with van der Waals surface area (Å²) < 4.78 is 0. The van der Waals surface area contributed by atoms with Crippen LogP contribution in [0.5, 0.6) is 5.75 Å². The number of carbonyl (C=O) groups excluding carboxylic acids is 1. The smallest absolute Gasteiger partial charge is 0.242 e. The van der Waals surface area contributed by atoms with Crippen molar-refractivity contribution in [3.05, 3.63) is 24.3 Å². The highest BCUT2D eigenvalue weighted by Crippen LogP contribution is 2.15. The molecule has 0 bridgehead atoms. The third kappa shape index (κ3) is 2.45. The van der Waals surface area contributed by atoms with E-state index in [1.807, 2.05) is 0 Å². The molecule has 0 saturated carbocycles. The van der Waals surface area contributed by atoms with E-state index in [4.69, 9.17) is 0 Å². The minimum atomic E-state index is -0.202. The Morgan fingerprint density at radius 2 is 2.40 bits per heavy atom. The van der Waals surface area contributed by atoms with E-state index in [9.17, 15) is 9.90 Å². The van der Waals surface area contributed by atoms with Crippen molar-refractivity contribution in [2.75, 3.05) is 11.9 Å². The lowest BCUT2D eigenvalue weighted by atomic mass is 10.2. The van der Waals surface area contributed by atoms with E-state index in [-0.39, 0.29) is 17.7 Å². The molecule has 1 atom stereocenters. The molecule has 1 heterocycles. The Labute approximate surface area is 87.5 Å². The lowest BCUT2D eigenvalue weighted by Gasteiger charge is -2.10. The van der Waals surface area contributed by atoms with E-state index >= 15 is 0 Å². The van der Waals surface area contributed by atoms with Gasteiger partial charge in [0.15, 0.2) is 0 Å². The highest BCUT2D eigenvalue weighted by atomic mass is 16.3. The van der Waals surface area contributed by atoms with Crippen LogP contribution in [0.3, 0.4) is 0 Å². The first-order valence-electron chi connectivity index (χ1n) is 4.84. The molecule has 15 heavy (non-hydrogen) atoms. The summed E-state index contributed by atoms with van der Waals surface area (Å²) in [5, 5.41) is 11.9. The molecule has 1 aromatic carbocycles. The first-order valence-corrected chi connectivity index (χ1v) is 4.84. The average molecular weight is 207 g/mol. The fourth-order valence-electron chi connectivity index (χ4n) is 1.49. The van der Waals surface area contributed by atoms with E-state index in [0.29, 0.717) is 5.69 Å². The quantitative estimate of drug-likeness (QED) is 0.559. The largest absolute Gasteiger partial charge is 0.508 e. The standard InChI is InChI=1S/C10H13N3O2/c14-8-3-1-2-7(6-8)12-10(15)9-4-5-11-13-9/h1-3,6,9,11,13-14H,4-5H2,(H,12,15).